The third kappa shape index (κ3) is 4.21. The molecule has 0 fully saturated rings. The molecule has 112 valence electrons. The lowest BCUT2D eigenvalue weighted by atomic mass is 9.88. The molecule has 0 aliphatic rings. The SMILES string of the molecule is CC(C)C(C)(CN)NC(=O)c1ccc(C(N)=O)cc1.Cl. The minimum absolute atomic E-state index is 0. The first-order chi connectivity index (χ1) is 8.80. The average Bonchev–Trinajstić information content (AvgIpc) is 2.38. The second-order valence-corrected chi connectivity index (χ2v) is 5.17. The molecule has 1 atom stereocenters. The molecular weight excluding hydrogens is 278 g/mol. The lowest BCUT2D eigenvalue weighted by Crippen LogP contribution is -2.55. The van der Waals surface area contributed by atoms with Crippen LogP contribution in [-0.4, -0.2) is 23.9 Å². The van der Waals surface area contributed by atoms with E-state index >= 15 is 0 Å². The first-order valence-electron chi connectivity index (χ1n) is 6.22. The number of nitrogens with one attached hydrogen (secondary N) is 1. The van der Waals surface area contributed by atoms with E-state index in [0.29, 0.717) is 17.7 Å². The molecule has 6 heteroatoms. The van der Waals surface area contributed by atoms with Gasteiger partial charge >= 0.3 is 0 Å². The molecule has 0 saturated heterocycles. The fraction of sp³-hybridized carbons (Fsp3) is 0.429. The topological polar surface area (TPSA) is 98.2 Å². The second kappa shape index (κ2) is 7.26. The Kier molecular flexibility index (Phi) is 6.68. The maximum absolute atomic E-state index is 12.1. The molecule has 1 aromatic rings. The highest BCUT2D eigenvalue weighted by atomic mass is 35.5. The van der Waals surface area contributed by atoms with Gasteiger partial charge in [0, 0.05) is 17.7 Å². The monoisotopic (exact) mass is 299 g/mol. The van der Waals surface area contributed by atoms with E-state index in [-0.39, 0.29) is 24.2 Å². The Hall–Kier alpha value is -1.59. The fourth-order valence-corrected chi connectivity index (χ4v) is 1.55. The number of carbonyl (C=O) groups excluding carboxylic acids is 2. The number of benzene rings is 1. The van der Waals surface area contributed by atoms with Crippen LogP contribution in [0, 0.1) is 5.92 Å². The van der Waals surface area contributed by atoms with Gasteiger partial charge in [0.2, 0.25) is 5.91 Å². The molecule has 0 spiro atoms. The van der Waals surface area contributed by atoms with Crippen molar-refractivity contribution in [3.8, 4) is 0 Å². The molecule has 0 saturated carbocycles. The molecule has 1 rings (SSSR count). The Morgan fingerprint density at radius 3 is 2.00 bits per heavy atom. The van der Waals surface area contributed by atoms with E-state index in [9.17, 15) is 9.59 Å². The van der Waals surface area contributed by atoms with Crippen molar-refractivity contribution in [2.24, 2.45) is 17.4 Å². The Labute approximate surface area is 125 Å². The lowest BCUT2D eigenvalue weighted by Gasteiger charge is -2.33. The summed E-state index contributed by atoms with van der Waals surface area (Å²) in [5.41, 5.74) is 11.3. The lowest BCUT2D eigenvalue weighted by molar-refractivity contribution is 0.0882. The summed E-state index contributed by atoms with van der Waals surface area (Å²) in [6.45, 7) is 6.27. The van der Waals surface area contributed by atoms with Crippen LogP contribution in [0.1, 0.15) is 41.5 Å². The number of nitrogens with two attached hydrogens (primary N) is 2. The normalized spacial score (nSPS) is 13.2. The van der Waals surface area contributed by atoms with E-state index < -0.39 is 11.4 Å². The summed E-state index contributed by atoms with van der Waals surface area (Å²) in [5, 5.41) is 2.93. The smallest absolute Gasteiger partial charge is 0.251 e. The van der Waals surface area contributed by atoms with Gasteiger partial charge in [-0.25, -0.2) is 0 Å². The summed E-state index contributed by atoms with van der Waals surface area (Å²) < 4.78 is 0. The van der Waals surface area contributed by atoms with E-state index in [4.69, 9.17) is 11.5 Å². The molecule has 0 heterocycles. The minimum Gasteiger partial charge on any atom is -0.366 e. The van der Waals surface area contributed by atoms with Gasteiger partial charge in [-0.05, 0) is 37.1 Å². The van der Waals surface area contributed by atoms with Crippen LogP contribution in [0.15, 0.2) is 24.3 Å². The van der Waals surface area contributed by atoms with Gasteiger partial charge in [-0.15, -0.1) is 12.4 Å². The Morgan fingerprint density at radius 1 is 1.20 bits per heavy atom. The van der Waals surface area contributed by atoms with Crippen LogP contribution in [0.4, 0.5) is 0 Å². The summed E-state index contributed by atoms with van der Waals surface area (Å²) in [6, 6.07) is 6.22. The zero-order chi connectivity index (χ0) is 14.6. The predicted octanol–water partition coefficient (Wildman–Crippen LogP) is 1.31. The highest BCUT2D eigenvalue weighted by Gasteiger charge is 2.28. The maximum Gasteiger partial charge on any atom is 0.251 e. The average molecular weight is 300 g/mol. The van der Waals surface area contributed by atoms with Crippen LogP contribution >= 0.6 is 12.4 Å². The van der Waals surface area contributed by atoms with Crippen molar-refractivity contribution in [1.82, 2.24) is 5.32 Å². The van der Waals surface area contributed by atoms with Crippen molar-refractivity contribution in [3.63, 3.8) is 0 Å². The van der Waals surface area contributed by atoms with Crippen LogP contribution in [0.3, 0.4) is 0 Å². The van der Waals surface area contributed by atoms with Crippen LogP contribution in [0.25, 0.3) is 0 Å². The molecule has 0 radical (unpaired) electrons. The van der Waals surface area contributed by atoms with Crippen LogP contribution in [-0.2, 0) is 0 Å². The number of hydrogen-bond acceptors (Lipinski definition) is 3. The molecule has 5 N–H and O–H groups in total. The zero-order valence-corrected chi connectivity index (χ0v) is 12.8. The summed E-state index contributed by atoms with van der Waals surface area (Å²) in [4.78, 5) is 23.1. The van der Waals surface area contributed by atoms with Crippen molar-refractivity contribution in [2.45, 2.75) is 26.3 Å². The van der Waals surface area contributed by atoms with E-state index in [1.165, 1.54) is 12.1 Å². The highest BCUT2D eigenvalue weighted by molar-refractivity contribution is 5.97. The number of carbonyl (C=O) groups is 2. The zero-order valence-electron chi connectivity index (χ0n) is 12.0. The fourth-order valence-electron chi connectivity index (χ4n) is 1.55. The number of amides is 2. The maximum atomic E-state index is 12.1. The van der Waals surface area contributed by atoms with Gasteiger partial charge in [-0.1, -0.05) is 13.8 Å². The molecule has 1 aromatic carbocycles. The molecule has 0 aliphatic carbocycles. The van der Waals surface area contributed by atoms with Gasteiger partial charge in [0.15, 0.2) is 0 Å². The number of rotatable bonds is 5. The van der Waals surface area contributed by atoms with Gasteiger partial charge < -0.3 is 16.8 Å². The van der Waals surface area contributed by atoms with Gasteiger partial charge in [0.1, 0.15) is 0 Å². The molecule has 0 aromatic heterocycles. The highest BCUT2D eigenvalue weighted by Crippen LogP contribution is 2.16. The van der Waals surface area contributed by atoms with Crippen LogP contribution in [0.5, 0.6) is 0 Å². The number of halogens is 1. The second-order valence-electron chi connectivity index (χ2n) is 5.17. The van der Waals surface area contributed by atoms with Gasteiger partial charge in [-0.3, -0.25) is 9.59 Å². The van der Waals surface area contributed by atoms with Crippen molar-refractivity contribution < 1.29 is 9.59 Å². The van der Waals surface area contributed by atoms with E-state index in [1.54, 1.807) is 12.1 Å². The minimum atomic E-state index is -0.513. The Morgan fingerprint density at radius 2 is 1.65 bits per heavy atom. The molecular formula is C14H22ClN3O2. The molecule has 2 amide bonds. The third-order valence-electron chi connectivity index (χ3n) is 3.53. The molecule has 0 aliphatic heterocycles. The van der Waals surface area contributed by atoms with Gasteiger partial charge in [0.05, 0.1) is 5.54 Å². The summed E-state index contributed by atoms with van der Waals surface area (Å²) in [5.74, 6) is -0.509. The molecule has 20 heavy (non-hydrogen) atoms. The summed E-state index contributed by atoms with van der Waals surface area (Å²) in [6.07, 6.45) is 0. The van der Waals surface area contributed by atoms with Crippen LogP contribution in [0.2, 0.25) is 0 Å². The molecule has 5 nitrogen and oxygen atoms in total. The van der Waals surface area contributed by atoms with Crippen molar-refractivity contribution in [2.75, 3.05) is 6.54 Å². The van der Waals surface area contributed by atoms with Crippen molar-refractivity contribution in [3.05, 3.63) is 35.4 Å². The molecule has 1 unspecified atom stereocenters. The van der Waals surface area contributed by atoms with E-state index in [0.717, 1.165) is 0 Å². The van der Waals surface area contributed by atoms with E-state index in [2.05, 4.69) is 5.32 Å². The van der Waals surface area contributed by atoms with Gasteiger partial charge in [-0.2, -0.15) is 0 Å². The number of hydrogen-bond donors (Lipinski definition) is 3. The van der Waals surface area contributed by atoms with Crippen molar-refractivity contribution in [1.29, 1.82) is 0 Å². The van der Waals surface area contributed by atoms with Gasteiger partial charge in [0.25, 0.3) is 5.91 Å². The Bertz CT molecular complexity index is 474. The molecule has 0 bridgehead atoms. The standard InChI is InChI=1S/C14H21N3O2.ClH/c1-9(2)14(3,8-15)17-13(19)11-6-4-10(5-7-11)12(16)18;/h4-7,9H,8,15H2,1-3H3,(H2,16,18)(H,17,19);1H. The third-order valence-corrected chi connectivity index (χ3v) is 3.53. The summed E-state index contributed by atoms with van der Waals surface area (Å²) >= 11 is 0. The first-order valence-corrected chi connectivity index (χ1v) is 6.22. The first kappa shape index (κ1) is 18.4. The predicted molar refractivity (Wildman–Crippen MR) is 82.0 cm³/mol. The largest absolute Gasteiger partial charge is 0.366 e. The number of primary amides is 1. The van der Waals surface area contributed by atoms with Crippen LogP contribution < -0.4 is 16.8 Å². The van der Waals surface area contributed by atoms with E-state index in [1.807, 2.05) is 20.8 Å². The quantitative estimate of drug-likeness (QED) is 0.764. The Balaban J connectivity index is 0.00000361. The summed E-state index contributed by atoms with van der Waals surface area (Å²) in [7, 11) is 0. The van der Waals surface area contributed by atoms with Crippen molar-refractivity contribution >= 4 is 24.2 Å².